The Morgan fingerprint density at radius 3 is 2.54 bits per heavy atom. The zero-order valence-electron chi connectivity index (χ0n) is 14.0. The van der Waals surface area contributed by atoms with Crippen molar-refractivity contribution in [1.82, 2.24) is 14.7 Å². The van der Waals surface area contributed by atoms with Gasteiger partial charge in [-0.05, 0) is 24.1 Å². The van der Waals surface area contributed by atoms with Crippen LogP contribution in [0.15, 0.2) is 54.9 Å². The molecule has 0 saturated carbocycles. The summed E-state index contributed by atoms with van der Waals surface area (Å²) in [6, 6.07) is 12.1. The molecular formula is C19H18F3N3O. The second-order valence-corrected chi connectivity index (χ2v) is 6.00. The van der Waals surface area contributed by atoms with Crippen LogP contribution in [0.1, 0.15) is 23.2 Å². The first kappa shape index (κ1) is 18.0. The number of pyridine rings is 1. The van der Waals surface area contributed by atoms with Gasteiger partial charge in [-0.25, -0.2) is 4.98 Å². The molecule has 3 aromatic rings. The van der Waals surface area contributed by atoms with Crippen molar-refractivity contribution in [2.24, 2.45) is 0 Å². The van der Waals surface area contributed by atoms with Gasteiger partial charge in [-0.2, -0.15) is 13.2 Å². The van der Waals surface area contributed by atoms with Crippen molar-refractivity contribution in [3.63, 3.8) is 0 Å². The van der Waals surface area contributed by atoms with Crippen molar-refractivity contribution in [1.29, 1.82) is 0 Å². The summed E-state index contributed by atoms with van der Waals surface area (Å²) < 4.78 is 39.5. The highest BCUT2D eigenvalue weighted by Crippen LogP contribution is 2.29. The Balaban J connectivity index is 1.50. The lowest BCUT2D eigenvalue weighted by Gasteiger charge is -2.05. The van der Waals surface area contributed by atoms with Crippen LogP contribution in [0.5, 0.6) is 0 Å². The van der Waals surface area contributed by atoms with Crippen molar-refractivity contribution in [3.05, 3.63) is 71.7 Å². The summed E-state index contributed by atoms with van der Waals surface area (Å²) in [5.41, 5.74) is 1.46. The van der Waals surface area contributed by atoms with Gasteiger partial charge in [-0.3, -0.25) is 4.79 Å². The second-order valence-electron chi connectivity index (χ2n) is 6.00. The first-order valence-electron chi connectivity index (χ1n) is 8.27. The maximum absolute atomic E-state index is 12.7. The fraction of sp³-hybridized carbons (Fsp3) is 0.263. The first-order chi connectivity index (χ1) is 12.4. The number of halogens is 3. The number of amides is 1. The average Bonchev–Trinajstić information content (AvgIpc) is 3.02. The molecule has 0 atom stereocenters. The minimum Gasteiger partial charge on any atom is -0.356 e. The third-order valence-corrected chi connectivity index (χ3v) is 4.02. The predicted molar refractivity (Wildman–Crippen MR) is 91.7 cm³/mol. The van der Waals surface area contributed by atoms with E-state index in [2.05, 4.69) is 10.3 Å². The van der Waals surface area contributed by atoms with Crippen molar-refractivity contribution in [2.75, 3.05) is 6.54 Å². The lowest BCUT2D eigenvalue weighted by molar-refractivity contribution is -0.137. The average molecular weight is 361 g/mol. The zero-order chi connectivity index (χ0) is 18.6. The smallest absolute Gasteiger partial charge is 0.356 e. The summed E-state index contributed by atoms with van der Waals surface area (Å²) in [6.07, 6.45) is -0.290. The van der Waals surface area contributed by atoms with E-state index in [0.29, 0.717) is 37.1 Å². The zero-order valence-corrected chi connectivity index (χ0v) is 14.0. The van der Waals surface area contributed by atoms with E-state index in [1.165, 1.54) is 10.5 Å². The number of rotatable bonds is 6. The van der Waals surface area contributed by atoms with Crippen molar-refractivity contribution >= 4 is 11.6 Å². The number of imidazole rings is 1. The third kappa shape index (κ3) is 4.62. The number of aryl methyl sites for hydroxylation is 1. The lowest BCUT2D eigenvalue weighted by Crippen LogP contribution is -2.25. The number of benzene rings is 1. The quantitative estimate of drug-likeness (QED) is 0.729. The minimum absolute atomic E-state index is 0.0584. The monoisotopic (exact) mass is 361 g/mol. The molecule has 3 rings (SSSR count). The molecule has 2 aromatic heterocycles. The van der Waals surface area contributed by atoms with E-state index in [0.717, 1.165) is 17.8 Å². The Labute approximate surface area is 148 Å². The van der Waals surface area contributed by atoms with E-state index >= 15 is 0 Å². The summed E-state index contributed by atoms with van der Waals surface area (Å²) in [4.78, 5) is 16.1. The second kappa shape index (κ2) is 7.59. The molecule has 2 heterocycles. The molecule has 7 heteroatoms. The largest absolute Gasteiger partial charge is 0.417 e. The van der Waals surface area contributed by atoms with Crippen molar-refractivity contribution < 1.29 is 18.0 Å². The molecule has 0 saturated heterocycles. The molecule has 0 aliphatic rings. The van der Waals surface area contributed by atoms with Crippen molar-refractivity contribution in [2.45, 2.75) is 25.4 Å². The van der Waals surface area contributed by atoms with E-state index in [-0.39, 0.29) is 5.91 Å². The molecular weight excluding hydrogens is 343 g/mol. The Morgan fingerprint density at radius 1 is 1.04 bits per heavy atom. The van der Waals surface area contributed by atoms with Crippen LogP contribution in [0.3, 0.4) is 0 Å². The molecule has 0 aliphatic carbocycles. The number of nitrogens with zero attached hydrogens (tertiary/aromatic N) is 2. The number of alkyl halides is 3. The molecule has 1 N–H and O–H groups in total. The Kier molecular flexibility index (Phi) is 5.25. The van der Waals surface area contributed by atoms with Gasteiger partial charge >= 0.3 is 6.18 Å². The number of carbonyl (C=O) groups excluding carboxylic acids is 1. The molecule has 1 aromatic carbocycles. The van der Waals surface area contributed by atoms with Gasteiger partial charge in [0.1, 0.15) is 5.65 Å². The van der Waals surface area contributed by atoms with E-state index in [1.54, 1.807) is 6.20 Å². The van der Waals surface area contributed by atoms with E-state index in [4.69, 9.17) is 0 Å². The molecule has 0 aliphatic heterocycles. The van der Waals surface area contributed by atoms with Gasteiger partial charge in [0, 0.05) is 31.8 Å². The van der Waals surface area contributed by atoms with Gasteiger partial charge in [-0.1, -0.05) is 30.3 Å². The Bertz CT molecular complexity index is 888. The van der Waals surface area contributed by atoms with Gasteiger partial charge in [0.2, 0.25) is 5.91 Å². The van der Waals surface area contributed by atoms with Gasteiger partial charge < -0.3 is 9.72 Å². The first-order valence-corrected chi connectivity index (χ1v) is 8.27. The van der Waals surface area contributed by atoms with E-state index in [1.807, 2.05) is 30.3 Å². The van der Waals surface area contributed by atoms with Crippen LogP contribution in [0.4, 0.5) is 13.2 Å². The fourth-order valence-electron chi connectivity index (χ4n) is 2.65. The Hall–Kier alpha value is -2.83. The van der Waals surface area contributed by atoms with Crippen LogP contribution in [0.2, 0.25) is 0 Å². The number of nitrogens with one attached hydrogen (secondary N) is 1. The normalized spacial score (nSPS) is 11.7. The molecule has 0 unspecified atom stereocenters. The number of hydrogen-bond acceptors (Lipinski definition) is 2. The topological polar surface area (TPSA) is 46.4 Å². The molecule has 136 valence electrons. The lowest BCUT2D eigenvalue weighted by atomic mass is 10.1. The fourth-order valence-corrected chi connectivity index (χ4v) is 2.65. The van der Waals surface area contributed by atoms with Crippen LogP contribution in [-0.2, 0) is 23.8 Å². The summed E-state index contributed by atoms with van der Waals surface area (Å²) in [5.74, 6) is -0.0584. The minimum atomic E-state index is -4.38. The summed E-state index contributed by atoms with van der Waals surface area (Å²) in [5, 5.41) is 2.81. The number of carbonyl (C=O) groups is 1. The summed E-state index contributed by atoms with van der Waals surface area (Å²) in [7, 11) is 0. The van der Waals surface area contributed by atoms with Gasteiger partial charge in [0.05, 0.1) is 11.3 Å². The SMILES string of the molecule is O=C(CCc1ccccc1)NCCc1cn2cc(C(F)(F)F)ccc2n1. The van der Waals surface area contributed by atoms with Crippen LogP contribution in [0, 0.1) is 0 Å². The van der Waals surface area contributed by atoms with Crippen LogP contribution in [0.25, 0.3) is 5.65 Å². The van der Waals surface area contributed by atoms with E-state index < -0.39 is 11.7 Å². The van der Waals surface area contributed by atoms with Crippen LogP contribution < -0.4 is 5.32 Å². The molecule has 0 radical (unpaired) electrons. The summed E-state index contributed by atoms with van der Waals surface area (Å²) in [6.45, 7) is 0.392. The molecule has 4 nitrogen and oxygen atoms in total. The molecule has 0 fully saturated rings. The highest BCUT2D eigenvalue weighted by molar-refractivity contribution is 5.76. The molecule has 0 bridgehead atoms. The van der Waals surface area contributed by atoms with Gasteiger partial charge in [0.15, 0.2) is 0 Å². The maximum Gasteiger partial charge on any atom is 0.417 e. The maximum atomic E-state index is 12.7. The molecule has 26 heavy (non-hydrogen) atoms. The third-order valence-electron chi connectivity index (χ3n) is 4.02. The molecule has 1 amide bonds. The van der Waals surface area contributed by atoms with Crippen LogP contribution >= 0.6 is 0 Å². The number of hydrogen-bond donors (Lipinski definition) is 1. The molecule has 0 spiro atoms. The number of aromatic nitrogens is 2. The standard InChI is InChI=1S/C19H18F3N3O/c20-19(21,22)15-7-8-17-24-16(13-25(17)12-15)10-11-23-18(26)9-6-14-4-2-1-3-5-14/h1-5,7-8,12-13H,6,9-11H2,(H,23,26). The van der Waals surface area contributed by atoms with Gasteiger partial charge in [-0.15, -0.1) is 0 Å². The summed E-state index contributed by atoms with van der Waals surface area (Å²) >= 11 is 0. The highest BCUT2D eigenvalue weighted by Gasteiger charge is 2.30. The van der Waals surface area contributed by atoms with Gasteiger partial charge in [0.25, 0.3) is 0 Å². The van der Waals surface area contributed by atoms with Crippen LogP contribution in [-0.4, -0.2) is 21.8 Å². The van der Waals surface area contributed by atoms with E-state index in [9.17, 15) is 18.0 Å². The number of fused-ring (bicyclic) bond motifs is 1. The predicted octanol–water partition coefficient (Wildman–Crippen LogP) is 3.64. The Morgan fingerprint density at radius 2 is 1.81 bits per heavy atom. The van der Waals surface area contributed by atoms with Crippen molar-refractivity contribution in [3.8, 4) is 0 Å². The highest BCUT2D eigenvalue weighted by atomic mass is 19.4.